The van der Waals surface area contributed by atoms with Crippen LogP contribution in [0.4, 0.5) is 4.39 Å². The van der Waals surface area contributed by atoms with Crippen LogP contribution in [0.3, 0.4) is 0 Å². The third-order valence-corrected chi connectivity index (χ3v) is 5.94. The summed E-state index contributed by atoms with van der Waals surface area (Å²) in [5, 5.41) is 12.4. The van der Waals surface area contributed by atoms with E-state index in [1.165, 1.54) is 11.8 Å². The minimum atomic E-state index is -1.10. The zero-order valence-corrected chi connectivity index (χ0v) is 14.8. The van der Waals surface area contributed by atoms with E-state index in [0.717, 1.165) is 25.7 Å². The Hall–Kier alpha value is -1.68. The lowest BCUT2D eigenvalue weighted by atomic mass is 9.95. The second kappa shape index (κ2) is 6.91. The van der Waals surface area contributed by atoms with E-state index < -0.39 is 12.2 Å². The van der Waals surface area contributed by atoms with Gasteiger partial charge in [0.05, 0.1) is 19.2 Å². The molecule has 6 nitrogen and oxygen atoms in total. The van der Waals surface area contributed by atoms with Crippen LogP contribution < -0.4 is 5.32 Å². The standard InChI is InChI=1S/C18H26FN3O3/c1-11(23)25-16-3-12-6-18(2,7-13(12)4-16)21-9-17(24)22-10-14(19)5-15(22)8-20/h12-16,21H,3-7,9-10H2,1-2H3/t12-,13+,14-,15-,16+,18+/m0/s1. The topological polar surface area (TPSA) is 82.4 Å². The number of likely N-dealkylation sites (tertiary alicyclic amines) is 1. The molecule has 3 rings (SSSR count). The minimum absolute atomic E-state index is 0.0186. The molecule has 0 aromatic heterocycles. The number of amides is 1. The maximum Gasteiger partial charge on any atom is 0.302 e. The van der Waals surface area contributed by atoms with E-state index in [1.54, 1.807) is 0 Å². The Morgan fingerprint density at radius 1 is 1.32 bits per heavy atom. The number of halogens is 1. The maximum absolute atomic E-state index is 13.5. The second-order valence-corrected chi connectivity index (χ2v) is 8.07. The Balaban J connectivity index is 1.49. The lowest BCUT2D eigenvalue weighted by Crippen LogP contribution is -2.48. The monoisotopic (exact) mass is 351 g/mol. The van der Waals surface area contributed by atoms with Crippen molar-refractivity contribution in [1.29, 1.82) is 5.26 Å². The van der Waals surface area contributed by atoms with Crippen LogP contribution in [0.25, 0.3) is 0 Å². The van der Waals surface area contributed by atoms with Gasteiger partial charge in [0.2, 0.25) is 5.91 Å². The van der Waals surface area contributed by atoms with Crippen molar-refractivity contribution in [2.45, 2.75) is 69.8 Å². The molecule has 1 N–H and O–H groups in total. The fourth-order valence-electron chi connectivity index (χ4n) is 4.95. The molecule has 0 aromatic carbocycles. The minimum Gasteiger partial charge on any atom is -0.463 e. The van der Waals surface area contributed by atoms with Gasteiger partial charge in [-0.3, -0.25) is 9.59 Å². The van der Waals surface area contributed by atoms with Crippen LogP contribution >= 0.6 is 0 Å². The van der Waals surface area contributed by atoms with Gasteiger partial charge >= 0.3 is 5.97 Å². The van der Waals surface area contributed by atoms with Gasteiger partial charge in [-0.05, 0) is 44.4 Å². The molecule has 7 heteroatoms. The molecule has 3 fully saturated rings. The molecule has 138 valence electrons. The first-order valence-electron chi connectivity index (χ1n) is 9.05. The van der Waals surface area contributed by atoms with Crippen LogP contribution in [0.5, 0.6) is 0 Å². The first-order valence-corrected chi connectivity index (χ1v) is 9.05. The second-order valence-electron chi connectivity index (χ2n) is 8.07. The molecule has 0 spiro atoms. The Labute approximate surface area is 147 Å². The fraction of sp³-hybridized carbons (Fsp3) is 0.833. The van der Waals surface area contributed by atoms with E-state index in [9.17, 15) is 14.0 Å². The third-order valence-electron chi connectivity index (χ3n) is 5.94. The molecule has 1 amide bonds. The Bertz CT molecular complexity index is 577. The van der Waals surface area contributed by atoms with Crippen LogP contribution in [-0.4, -0.2) is 53.7 Å². The summed E-state index contributed by atoms with van der Waals surface area (Å²) in [7, 11) is 0. The summed E-state index contributed by atoms with van der Waals surface area (Å²) in [6.45, 7) is 3.71. The molecule has 1 aliphatic heterocycles. The van der Waals surface area contributed by atoms with Crippen molar-refractivity contribution in [3.8, 4) is 6.07 Å². The van der Waals surface area contributed by atoms with Gasteiger partial charge in [0.15, 0.2) is 0 Å². The van der Waals surface area contributed by atoms with Crippen LogP contribution in [0.2, 0.25) is 0 Å². The van der Waals surface area contributed by atoms with E-state index in [0.29, 0.717) is 11.8 Å². The van der Waals surface area contributed by atoms with Gasteiger partial charge in [-0.1, -0.05) is 0 Å². The molecule has 2 saturated carbocycles. The average molecular weight is 351 g/mol. The number of rotatable bonds is 4. The number of hydrogen-bond donors (Lipinski definition) is 1. The van der Waals surface area contributed by atoms with Crippen LogP contribution in [-0.2, 0) is 14.3 Å². The molecule has 3 aliphatic rings. The van der Waals surface area contributed by atoms with Crippen molar-refractivity contribution in [3.63, 3.8) is 0 Å². The molecular formula is C18H26FN3O3. The number of nitriles is 1. The zero-order chi connectivity index (χ0) is 18.2. The molecule has 6 atom stereocenters. The van der Waals surface area contributed by atoms with E-state index >= 15 is 0 Å². The number of carbonyl (C=O) groups is 2. The van der Waals surface area contributed by atoms with Gasteiger partial charge in [0, 0.05) is 18.9 Å². The van der Waals surface area contributed by atoms with Gasteiger partial charge in [-0.15, -0.1) is 0 Å². The molecule has 0 aromatic rings. The summed E-state index contributed by atoms with van der Waals surface area (Å²) in [6.07, 6.45) is 2.70. The van der Waals surface area contributed by atoms with E-state index in [2.05, 4.69) is 12.2 Å². The van der Waals surface area contributed by atoms with E-state index in [4.69, 9.17) is 10.00 Å². The van der Waals surface area contributed by atoms with E-state index in [-0.39, 0.29) is 43.0 Å². The van der Waals surface area contributed by atoms with E-state index in [1.807, 2.05) is 6.07 Å². The Kier molecular flexibility index (Phi) is 5.01. The number of fused-ring (bicyclic) bond motifs is 1. The molecule has 25 heavy (non-hydrogen) atoms. The largest absolute Gasteiger partial charge is 0.463 e. The van der Waals surface area contributed by atoms with Crippen molar-refractivity contribution >= 4 is 11.9 Å². The maximum atomic E-state index is 13.5. The van der Waals surface area contributed by atoms with Gasteiger partial charge in [0.25, 0.3) is 0 Å². The lowest BCUT2D eigenvalue weighted by Gasteiger charge is -2.29. The van der Waals surface area contributed by atoms with Gasteiger partial charge in [0.1, 0.15) is 18.3 Å². The molecule has 1 heterocycles. The SMILES string of the molecule is CC(=O)O[C@H]1C[C@@H]2C[C@](C)(NCC(=O)N3C[C@@H](F)C[C@H]3C#N)C[C@@H]2C1. The highest BCUT2D eigenvalue weighted by Gasteiger charge is 2.48. The van der Waals surface area contributed by atoms with Crippen LogP contribution in [0.1, 0.15) is 46.0 Å². The number of nitrogens with zero attached hydrogens (tertiary/aromatic N) is 2. The number of ether oxygens (including phenoxy) is 1. The van der Waals surface area contributed by atoms with Crippen molar-refractivity contribution in [2.24, 2.45) is 11.8 Å². The Morgan fingerprint density at radius 2 is 1.96 bits per heavy atom. The number of alkyl halides is 1. The van der Waals surface area contributed by atoms with Crippen LogP contribution in [0.15, 0.2) is 0 Å². The van der Waals surface area contributed by atoms with Gasteiger partial charge in [-0.25, -0.2) is 4.39 Å². The predicted octanol–water partition coefficient (Wildman–Crippen LogP) is 1.55. The summed E-state index contributed by atoms with van der Waals surface area (Å²) in [5.41, 5.74) is -0.136. The zero-order valence-electron chi connectivity index (χ0n) is 14.8. The average Bonchev–Trinajstić information content (AvgIpc) is 3.15. The van der Waals surface area contributed by atoms with Crippen molar-refractivity contribution in [3.05, 3.63) is 0 Å². The first-order chi connectivity index (χ1) is 11.8. The number of esters is 1. The van der Waals surface area contributed by atoms with Gasteiger partial charge in [-0.2, -0.15) is 5.26 Å². The lowest BCUT2D eigenvalue weighted by molar-refractivity contribution is -0.146. The molecule has 1 saturated heterocycles. The molecule has 0 radical (unpaired) electrons. The highest BCUT2D eigenvalue weighted by molar-refractivity contribution is 5.79. The molecular weight excluding hydrogens is 325 g/mol. The number of carbonyl (C=O) groups excluding carboxylic acids is 2. The summed E-state index contributed by atoms with van der Waals surface area (Å²) >= 11 is 0. The van der Waals surface area contributed by atoms with Crippen molar-refractivity contribution < 1.29 is 18.7 Å². The highest BCUT2D eigenvalue weighted by atomic mass is 19.1. The summed E-state index contributed by atoms with van der Waals surface area (Å²) < 4.78 is 18.8. The summed E-state index contributed by atoms with van der Waals surface area (Å²) in [4.78, 5) is 24.8. The predicted molar refractivity (Wildman–Crippen MR) is 88.0 cm³/mol. The molecule has 0 bridgehead atoms. The highest BCUT2D eigenvalue weighted by Crippen LogP contribution is 2.49. The van der Waals surface area contributed by atoms with Crippen molar-refractivity contribution in [1.82, 2.24) is 10.2 Å². The quantitative estimate of drug-likeness (QED) is 0.777. The normalized spacial score (nSPS) is 39.9. The fourth-order valence-corrected chi connectivity index (χ4v) is 4.95. The van der Waals surface area contributed by atoms with Crippen LogP contribution in [0, 0.1) is 23.2 Å². The third kappa shape index (κ3) is 3.95. The number of hydrogen-bond acceptors (Lipinski definition) is 5. The summed E-state index contributed by atoms with van der Waals surface area (Å²) in [6, 6.07) is 1.36. The van der Waals surface area contributed by atoms with Gasteiger partial charge < -0.3 is 15.0 Å². The number of nitrogens with one attached hydrogen (secondary N) is 1. The molecule has 0 unspecified atom stereocenters. The summed E-state index contributed by atoms with van der Waals surface area (Å²) in [5.74, 6) is 0.583. The molecule has 2 aliphatic carbocycles. The Morgan fingerprint density at radius 3 is 2.52 bits per heavy atom. The van der Waals surface area contributed by atoms with Crippen molar-refractivity contribution in [2.75, 3.05) is 13.1 Å². The first kappa shape index (κ1) is 18.1. The smallest absolute Gasteiger partial charge is 0.302 e.